The zero-order chi connectivity index (χ0) is 18.0. The van der Waals surface area contributed by atoms with E-state index in [2.05, 4.69) is 22.3 Å². The van der Waals surface area contributed by atoms with E-state index in [0.29, 0.717) is 10.6 Å². The topological polar surface area (TPSA) is 75.4 Å². The summed E-state index contributed by atoms with van der Waals surface area (Å²) in [5, 5.41) is 3.47. The first kappa shape index (κ1) is 20.4. The van der Waals surface area contributed by atoms with Crippen LogP contribution in [0.15, 0.2) is 30.3 Å². The summed E-state index contributed by atoms with van der Waals surface area (Å²) in [5.41, 5.74) is 8.36. The van der Waals surface area contributed by atoms with Gasteiger partial charge in [-0.2, -0.15) is 0 Å². The fourth-order valence-electron chi connectivity index (χ4n) is 3.04. The van der Waals surface area contributed by atoms with Crippen LogP contribution in [0.25, 0.3) is 0 Å². The van der Waals surface area contributed by atoms with E-state index in [9.17, 15) is 9.59 Å². The fourth-order valence-corrected chi connectivity index (χ4v) is 4.34. The molecule has 2 amide bonds. The molecule has 0 saturated heterocycles. The number of halogens is 1. The third-order valence-corrected chi connectivity index (χ3v) is 5.52. The average molecular weight is 393 g/mol. The standard InChI is InChI=1S/C19H23N3O2S.ClH/c1-12(2)18(24)21-19-16(17(20)23)14-8-9-22(11-15(14)25-19)10-13-6-4-3-5-7-13;/h3-7,12H,8-11H2,1-2H3,(H2,20,23)(H,21,24);1H/p-1. The van der Waals surface area contributed by atoms with Gasteiger partial charge in [-0.3, -0.25) is 14.5 Å². The van der Waals surface area contributed by atoms with E-state index in [1.54, 1.807) is 0 Å². The highest BCUT2D eigenvalue weighted by Gasteiger charge is 2.28. The number of thiophene rings is 1. The molecule has 0 saturated carbocycles. The summed E-state index contributed by atoms with van der Waals surface area (Å²) < 4.78 is 0. The summed E-state index contributed by atoms with van der Waals surface area (Å²) in [6, 6.07) is 10.3. The molecule has 3 N–H and O–H groups in total. The summed E-state index contributed by atoms with van der Waals surface area (Å²) in [4.78, 5) is 27.5. The Kier molecular flexibility index (Phi) is 6.81. The van der Waals surface area contributed by atoms with Gasteiger partial charge in [0.05, 0.1) is 5.56 Å². The molecule has 1 aliphatic rings. The van der Waals surface area contributed by atoms with Crippen LogP contribution in [0.1, 0.15) is 40.2 Å². The molecule has 26 heavy (non-hydrogen) atoms. The molecule has 0 spiro atoms. The van der Waals surface area contributed by atoms with E-state index in [1.807, 2.05) is 32.0 Å². The molecule has 1 aromatic carbocycles. The molecule has 0 bridgehead atoms. The van der Waals surface area contributed by atoms with Crippen LogP contribution in [0, 0.1) is 5.92 Å². The maximum absolute atomic E-state index is 12.0. The zero-order valence-electron chi connectivity index (χ0n) is 14.9. The quantitative estimate of drug-likeness (QED) is 0.752. The van der Waals surface area contributed by atoms with Gasteiger partial charge < -0.3 is 23.5 Å². The van der Waals surface area contributed by atoms with E-state index in [0.717, 1.165) is 36.5 Å². The Bertz CT molecular complexity index is 790. The second kappa shape index (κ2) is 8.66. The van der Waals surface area contributed by atoms with E-state index < -0.39 is 5.91 Å². The molecule has 0 radical (unpaired) electrons. The number of carbonyl (C=O) groups excluding carboxylic acids is 2. The molecule has 2 aromatic rings. The Labute approximate surface area is 164 Å². The van der Waals surface area contributed by atoms with Crippen LogP contribution in [-0.2, 0) is 24.3 Å². The number of hydrogen-bond donors (Lipinski definition) is 2. The molecule has 5 nitrogen and oxygen atoms in total. The fraction of sp³-hybridized carbons (Fsp3) is 0.368. The Hall–Kier alpha value is -1.89. The first-order valence-electron chi connectivity index (χ1n) is 8.47. The van der Waals surface area contributed by atoms with Gasteiger partial charge in [-0.1, -0.05) is 44.2 Å². The Morgan fingerprint density at radius 3 is 2.58 bits per heavy atom. The summed E-state index contributed by atoms with van der Waals surface area (Å²) in [6.45, 7) is 6.17. The number of hydrogen-bond acceptors (Lipinski definition) is 4. The average Bonchev–Trinajstić information content (AvgIpc) is 2.92. The van der Waals surface area contributed by atoms with Crippen molar-refractivity contribution in [1.29, 1.82) is 0 Å². The van der Waals surface area contributed by atoms with Gasteiger partial charge in [-0.05, 0) is 17.5 Å². The zero-order valence-corrected chi connectivity index (χ0v) is 16.5. The smallest absolute Gasteiger partial charge is 0.251 e. The molecule has 140 valence electrons. The summed E-state index contributed by atoms with van der Waals surface area (Å²) >= 11 is 1.48. The highest BCUT2D eigenvalue weighted by Crippen LogP contribution is 2.37. The lowest BCUT2D eigenvalue weighted by molar-refractivity contribution is -0.118. The third kappa shape index (κ3) is 4.44. The first-order valence-corrected chi connectivity index (χ1v) is 9.29. The van der Waals surface area contributed by atoms with Crippen molar-refractivity contribution in [2.45, 2.75) is 33.4 Å². The van der Waals surface area contributed by atoms with Gasteiger partial charge in [0, 0.05) is 30.4 Å². The van der Waals surface area contributed by atoms with E-state index in [4.69, 9.17) is 5.73 Å². The maximum atomic E-state index is 12.0. The molecule has 2 heterocycles. The number of nitrogens with two attached hydrogens (primary N) is 1. The normalized spacial score (nSPS) is 13.8. The Morgan fingerprint density at radius 1 is 1.27 bits per heavy atom. The van der Waals surface area contributed by atoms with Gasteiger partial charge in [-0.15, -0.1) is 11.3 Å². The molecule has 0 aliphatic carbocycles. The number of fused-ring (bicyclic) bond motifs is 1. The molecule has 3 rings (SSSR count). The molecule has 0 atom stereocenters. The van der Waals surface area contributed by atoms with E-state index in [1.165, 1.54) is 16.9 Å². The lowest BCUT2D eigenvalue weighted by atomic mass is 10.0. The highest BCUT2D eigenvalue weighted by atomic mass is 35.5. The summed E-state index contributed by atoms with van der Waals surface area (Å²) in [7, 11) is 0. The first-order chi connectivity index (χ1) is 12.0. The SMILES string of the molecule is CC(C)C(=O)Nc1sc2c(c1C(N)=O)CCN(Cc1ccccc1)C2.[Cl-]. The Balaban J connectivity index is 0.00000243. The number of rotatable bonds is 5. The maximum Gasteiger partial charge on any atom is 0.251 e. The third-order valence-electron chi connectivity index (χ3n) is 4.39. The monoisotopic (exact) mass is 392 g/mol. The number of benzene rings is 1. The van der Waals surface area contributed by atoms with Gasteiger partial charge in [0.15, 0.2) is 0 Å². The number of nitrogens with one attached hydrogen (secondary N) is 1. The van der Waals surface area contributed by atoms with Crippen molar-refractivity contribution in [1.82, 2.24) is 4.90 Å². The van der Waals surface area contributed by atoms with Crippen LogP contribution < -0.4 is 23.5 Å². The van der Waals surface area contributed by atoms with Crippen molar-refractivity contribution in [3.63, 3.8) is 0 Å². The van der Waals surface area contributed by atoms with Gasteiger partial charge in [0.25, 0.3) is 5.91 Å². The summed E-state index contributed by atoms with van der Waals surface area (Å²) in [6.07, 6.45) is 0.772. The minimum absolute atomic E-state index is 0. The molecular formula is C19H23ClN3O2S-. The van der Waals surface area contributed by atoms with Gasteiger partial charge in [0.2, 0.25) is 5.91 Å². The van der Waals surface area contributed by atoms with Crippen LogP contribution in [0.2, 0.25) is 0 Å². The van der Waals surface area contributed by atoms with Crippen molar-refractivity contribution in [2.24, 2.45) is 11.7 Å². The van der Waals surface area contributed by atoms with Crippen molar-refractivity contribution in [2.75, 3.05) is 11.9 Å². The highest BCUT2D eigenvalue weighted by molar-refractivity contribution is 7.17. The van der Waals surface area contributed by atoms with Crippen LogP contribution >= 0.6 is 11.3 Å². The number of nitrogens with zero attached hydrogens (tertiary/aromatic N) is 1. The van der Waals surface area contributed by atoms with Crippen molar-refractivity contribution in [3.05, 3.63) is 51.9 Å². The molecule has 0 fully saturated rings. The van der Waals surface area contributed by atoms with Gasteiger partial charge >= 0.3 is 0 Å². The molecule has 1 aromatic heterocycles. The van der Waals surface area contributed by atoms with Crippen LogP contribution in [0.3, 0.4) is 0 Å². The van der Waals surface area contributed by atoms with Gasteiger partial charge in [0.1, 0.15) is 5.00 Å². The minimum Gasteiger partial charge on any atom is -1.00 e. The van der Waals surface area contributed by atoms with E-state index >= 15 is 0 Å². The Morgan fingerprint density at radius 2 is 1.96 bits per heavy atom. The second-order valence-electron chi connectivity index (χ2n) is 6.66. The van der Waals surface area contributed by atoms with Crippen molar-refractivity contribution >= 4 is 28.2 Å². The van der Waals surface area contributed by atoms with Crippen molar-refractivity contribution < 1.29 is 22.0 Å². The van der Waals surface area contributed by atoms with E-state index in [-0.39, 0.29) is 24.2 Å². The predicted octanol–water partition coefficient (Wildman–Crippen LogP) is 0.00380. The number of amides is 2. The minimum atomic E-state index is -0.465. The molecular weight excluding hydrogens is 370 g/mol. The van der Waals surface area contributed by atoms with Gasteiger partial charge in [-0.25, -0.2) is 0 Å². The van der Waals surface area contributed by atoms with Crippen molar-refractivity contribution in [3.8, 4) is 0 Å². The predicted molar refractivity (Wildman–Crippen MR) is 101 cm³/mol. The lowest BCUT2D eigenvalue weighted by Crippen LogP contribution is -3.00. The molecule has 0 unspecified atom stereocenters. The number of anilines is 1. The van der Waals surface area contributed by atoms with Crippen LogP contribution in [0.5, 0.6) is 0 Å². The van der Waals surface area contributed by atoms with Crippen LogP contribution in [0.4, 0.5) is 5.00 Å². The molecule has 7 heteroatoms. The number of primary amides is 1. The second-order valence-corrected chi connectivity index (χ2v) is 7.77. The summed E-state index contributed by atoms with van der Waals surface area (Å²) in [5.74, 6) is -0.704. The lowest BCUT2D eigenvalue weighted by Gasteiger charge is -2.27. The number of carbonyl (C=O) groups is 2. The largest absolute Gasteiger partial charge is 1.00 e. The van der Waals surface area contributed by atoms with Crippen LogP contribution in [-0.4, -0.2) is 23.3 Å². The molecule has 1 aliphatic heterocycles.